The van der Waals surface area contributed by atoms with Crippen molar-refractivity contribution < 1.29 is 28.9 Å². The normalized spacial score (nSPS) is 16.0. The molecule has 3 aromatic carbocycles. The van der Waals surface area contributed by atoms with Gasteiger partial charge in [-0.2, -0.15) is 13.2 Å². The van der Waals surface area contributed by atoms with Crippen molar-refractivity contribution in [3.05, 3.63) is 77.4 Å². The number of rotatable bonds is 4. The smallest absolute Gasteiger partial charge is 0.416 e. The standard InChI is InChI=1S/C25H20F3NO3.H2/c1-15-2-4-16(5-3-15)17-10-19(25(26,27)28)12-20(11-17)29-23(30)24(8-9-24)18-6-7-21-22(13-18)32-14-31-21;/h2-7,10-13H,8-9,14H2,1H3,(H,29,30);1H. The molecular formula is C25H22F3NO3. The van der Waals surface area contributed by atoms with Crippen molar-refractivity contribution in [3.63, 3.8) is 0 Å². The summed E-state index contributed by atoms with van der Waals surface area (Å²) < 4.78 is 51.4. The molecule has 1 N–H and O–H groups in total. The molecule has 7 heteroatoms. The van der Waals surface area contributed by atoms with E-state index in [0.717, 1.165) is 23.3 Å². The van der Waals surface area contributed by atoms with E-state index in [1.165, 1.54) is 0 Å². The summed E-state index contributed by atoms with van der Waals surface area (Å²) in [7, 11) is 0. The van der Waals surface area contributed by atoms with E-state index >= 15 is 0 Å². The number of hydrogen-bond acceptors (Lipinski definition) is 3. The highest BCUT2D eigenvalue weighted by atomic mass is 19.4. The molecule has 3 aromatic rings. The molecule has 0 unspecified atom stereocenters. The molecule has 2 aliphatic rings. The summed E-state index contributed by atoms with van der Waals surface area (Å²) >= 11 is 0. The van der Waals surface area contributed by atoms with E-state index in [4.69, 9.17) is 9.47 Å². The summed E-state index contributed by atoms with van der Waals surface area (Å²) in [6, 6.07) is 16.2. The first kappa shape index (κ1) is 20.4. The summed E-state index contributed by atoms with van der Waals surface area (Å²) in [6.07, 6.45) is -3.31. The minimum atomic E-state index is -4.53. The molecule has 166 valence electrons. The predicted octanol–water partition coefficient (Wildman–Crippen LogP) is 6.33. The lowest BCUT2D eigenvalue weighted by atomic mass is 9.94. The van der Waals surface area contributed by atoms with Crippen LogP contribution in [0.5, 0.6) is 11.5 Å². The zero-order valence-corrected chi connectivity index (χ0v) is 17.3. The second-order valence-corrected chi connectivity index (χ2v) is 8.27. The molecule has 0 atom stereocenters. The van der Waals surface area contributed by atoms with Crippen molar-refractivity contribution in [2.45, 2.75) is 31.4 Å². The number of ether oxygens (including phenoxy) is 2. The molecule has 1 heterocycles. The van der Waals surface area contributed by atoms with E-state index in [2.05, 4.69) is 5.32 Å². The van der Waals surface area contributed by atoms with E-state index in [1.54, 1.807) is 30.3 Å². The number of carbonyl (C=O) groups excluding carboxylic acids is 1. The average molecular weight is 441 g/mol. The number of hydrogen-bond donors (Lipinski definition) is 1. The topological polar surface area (TPSA) is 47.6 Å². The lowest BCUT2D eigenvalue weighted by Gasteiger charge is -2.18. The van der Waals surface area contributed by atoms with Gasteiger partial charge in [-0.15, -0.1) is 0 Å². The fourth-order valence-electron chi connectivity index (χ4n) is 3.99. The second kappa shape index (κ2) is 7.29. The molecular weight excluding hydrogens is 419 g/mol. The van der Waals surface area contributed by atoms with Gasteiger partial charge in [0.1, 0.15) is 0 Å². The molecule has 32 heavy (non-hydrogen) atoms. The van der Waals surface area contributed by atoms with Crippen molar-refractivity contribution in [2.75, 3.05) is 12.1 Å². The van der Waals surface area contributed by atoms with Gasteiger partial charge < -0.3 is 14.8 Å². The molecule has 0 radical (unpaired) electrons. The molecule has 4 nitrogen and oxygen atoms in total. The monoisotopic (exact) mass is 441 g/mol. The third kappa shape index (κ3) is 3.68. The van der Waals surface area contributed by atoms with Gasteiger partial charge >= 0.3 is 6.18 Å². The minimum absolute atomic E-state index is 0. The highest BCUT2D eigenvalue weighted by Crippen LogP contribution is 2.51. The van der Waals surface area contributed by atoms with Crippen LogP contribution in [0.25, 0.3) is 11.1 Å². The third-order valence-corrected chi connectivity index (χ3v) is 6.01. The number of anilines is 1. The van der Waals surface area contributed by atoms with Crippen LogP contribution in [0.15, 0.2) is 60.7 Å². The number of halogens is 3. The fraction of sp³-hybridized carbons (Fsp3) is 0.240. The Kier molecular flexibility index (Phi) is 4.65. The Labute approximate surface area is 184 Å². The van der Waals surface area contributed by atoms with Crippen molar-refractivity contribution >= 4 is 11.6 Å². The van der Waals surface area contributed by atoms with E-state index < -0.39 is 17.2 Å². The third-order valence-electron chi connectivity index (χ3n) is 6.01. The molecule has 0 spiro atoms. The molecule has 0 aromatic heterocycles. The highest BCUT2D eigenvalue weighted by Gasteiger charge is 2.51. The lowest BCUT2D eigenvalue weighted by Crippen LogP contribution is -2.28. The molecule has 1 amide bonds. The van der Waals surface area contributed by atoms with Crippen LogP contribution in [0, 0.1) is 6.92 Å². The summed E-state index contributed by atoms with van der Waals surface area (Å²) in [4.78, 5) is 13.2. The van der Waals surface area contributed by atoms with Crippen molar-refractivity contribution in [3.8, 4) is 22.6 Å². The lowest BCUT2D eigenvalue weighted by molar-refractivity contribution is -0.137. The number of fused-ring (bicyclic) bond motifs is 1. The first-order valence-electron chi connectivity index (χ1n) is 10.3. The maximum Gasteiger partial charge on any atom is 0.416 e. The summed E-state index contributed by atoms with van der Waals surface area (Å²) in [5.74, 6) is 0.860. The maximum absolute atomic E-state index is 13.6. The van der Waals surface area contributed by atoms with Crippen LogP contribution in [-0.2, 0) is 16.4 Å². The van der Waals surface area contributed by atoms with Crippen molar-refractivity contribution in [1.82, 2.24) is 0 Å². The number of benzene rings is 3. The van der Waals surface area contributed by atoms with Crippen LogP contribution in [0.3, 0.4) is 0 Å². The summed E-state index contributed by atoms with van der Waals surface area (Å²) in [6.45, 7) is 2.04. The molecule has 1 saturated carbocycles. The zero-order valence-electron chi connectivity index (χ0n) is 17.3. The average Bonchev–Trinajstić information content (AvgIpc) is 3.44. The number of aryl methyl sites for hydroxylation is 1. The van der Waals surface area contributed by atoms with Crippen molar-refractivity contribution in [1.29, 1.82) is 0 Å². The van der Waals surface area contributed by atoms with Crippen LogP contribution in [0.4, 0.5) is 18.9 Å². The molecule has 1 aliphatic carbocycles. The Bertz CT molecular complexity index is 1200. The Morgan fingerprint density at radius 3 is 2.34 bits per heavy atom. The largest absolute Gasteiger partial charge is 0.454 e. The van der Waals surface area contributed by atoms with Crippen LogP contribution in [0.2, 0.25) is 0 Å². The van der Waals surface area contributed by atoms with Crippen LogP contribution in [0.1, 0.15) is 31.0 Å². The Morgan fingerprint density at radius 2 is 1.66 bits per heavy atom. The first-order valence-corrected chi connectivity index (χ1v) is 10.3. The van der Waals surface area contributed by atoms with Gasteiger partial charge in [-0.05, 0) is 66.8 Å². The molecule has 0 saturated heterocycles. The number of carbonyl (C=O) groups is 1. The number of amides is 1. The zero-order chi connectivity index (χ0) is 22.5. The number of alkyl halides is 3. The molecule has 1 fully saturated rings. The van der Waals surface area contributed by atoms with Gasteiger partial charge in [0.15, 0.2) is 11.5 Å². The quantitative estimate of drug-likeness (QED) is 0.515. The van der Waals surface area contributed by atoms with Crippen molar-refractivity contribution in [2.24, 2.45) is 0 Å². The SMILES string of the molecule is Cc1ccc(-c2cc(NC(=O)C3(c4ccc5c(c4)OCO5)CC3)cc(C(F)(F)F)c2)cc1.[HH]. The molecule has 0 bridgehead atoms. The highest BCUT2D eigenvalue weighted by molar-refractivity contribution is 6.02. The van der Waals surface area contributed by atoms with E-state index in [1.807, 2.05) is 25.1 Å². The Balaban J connectivity index is 0.00000259. The predicted molar refractivity (Wildman–Crippen MR) is 116 cm³/mol. The van der Waals surface area contributed by atoms with Gasteiger partial charge in [0.25, 0.3) is 0 Å². The van der Waals surface area contributed by atoms with Crippen LogP contribution < -0.4 is 14.8 Å². The van der Waals surface area contributed by atoms with Gasteiger partial charge in [-0.3, -0.25) is 4.79 Å². The maximum atomic E-state index is 13.6. The first-order chi connectivity index (χ1) is 15.2. The van der Waals surface area contributed by atoms with E-state index in [-0.39, 0.29) is 19.8 Å². The second-order valence-electron chi connectivity index (χ2n) is 8.27. The van der Waals surface area contributed by atoms with Gasteiger partial charge in [-0.25, -0.2) is 0 Å². The summed E-state index contributed by atoms with van der Waals surface area (Å²) in [5, 5.41) is 2.73. The Morgan fingerprint density at radius 1 is 0.938 bits per heavy atom. The van der Waals surface area contributed by atoms with E-state index in [9.17, 15) is 18.0 Å². The van der Waals surface area contributed by atoms with Crippen LogP contribution >= 0.6 is 0 Å². The van der Waals surface area contributed by atoms with Gasteiger partial charge in [0.2, 0.25) is 12.7 Å². The number of nitrogens with one attached hydrogen (secondary N) is 1. The Hall–Kier alpha value is -3.48. The van der Waals surface area contributed by atoms with E-state index in [0.29, 0.717) is 35.5 Å². The van der Waals surface area contributed by atoms with Gasteiger partial charge in [0, 0.05) is 7.11 Å². The fourth-order valence-corrected chi connectivity index (χ4v) is 3.99. The summed E-state index contributed by atoms with van der Waals surface area (Å²) in [5.41, 5.74) is 1.35. The minimum Gasteiger partial charge on any atom is -0.454 e. The van der Waals surface area contributed by atoms with Gasteiger partial charge in [-0.1, -0.05) is 35.9 Å². The van der Waals surface area contributed by atoms with Crippen LogP contribution in [-0.4, -0.2) is 12.7 Å². The van der Waals surface area contributed by atoms with Gasteiger partial charge in [0.05, 0.1) is 11.0 Å². The molecule has 1 aliphatic heterocycles. The molecule has 5 rings (SSSR count).